The third kappa shape index (κ3) is 5.62. The highest BCUT2D eigenvalue weighted by atomic mass is 127. The van der Waals surface area contributed by atoms with Crippen LogP contribution in [0.15, 0.2) is 41.5 Å². The standard InChI is InChI=1S/C19H25ClN6.HI/c1-21-19(26(3)13-15-11-14(20)12-25(15)2)22-10-6-9-18-23-16-7-4-5-8-17(16)24-18;/h4-5,7-8,11-12H,6,9-10,13H2,1-3H3,(H,21,22)(H,23,24);1H. The highest BCUT2D eigenvalue weighted by molar-refractivity contribution is 14.0. The first kappa shape index (κ1) is 21.6. The minimum absolute atomic E-state index is 0. The van der Waals surface area contributed by atoms with E-state index >= 15 is 0 Å². The van der Waals surface area contributed by atoms with E-state index in [1.54, 1.807) is 7.05 Å². The summed E-state index contributed by atoms with van der Waals surface area (Å²) in [5, 5.41) is 4.17. The first-order valence-electron chi connectivity index (χ1n) is 8.73. The van der Waals surface area contributed by atoms with Gasteiger partial charge in [0, 0.05) is 46.0 Å². The highest BCUT2D eigenvalue weighted by Crippen LogP contribution is 2.14. The van der Waals surface area contributed by atoms with Gasteiger partial charge in [0.2, 0.25) is 0 Å². The van der Waals surface area contributed by atoms with Gasteiger partial charge in [-0.3, -0.25) is 4.99 Å². The van der Waals surface area contributed by atoms with Gasteiger partial charge in [0.1, 0.15) is 5.82 Å². The largest absolute Gasteiger partial charge is 0.356 e. The molecule has 0 aliphatic rings. The number of aliphatic imine (C=N–C) groups is 1. The average molecular weight is 501 g/mol. The van der Waals surface area contributed by atoms with Crippen LogP contribution < -0.4 is 5.32 Å². The lowest BCUT2D eigenvalue weighted by molar-refractivity contribution is 0.461. The van der Waals surface area contributed by atoms with E-state index in [0.29, 0.717) is 0 Å². The molecule has 0 aliphatic carbocycles. The van der Waals surface area contributed by atoms with Crippen molar-refractivity contribution >= 4 is 52.6 Å². The monoisotopic (exact) mass is 500 g/mol. The molecule has 0 aliphatic heterocycles. The van der Waals surface area contributed by atoms with E-state index in [1.807, 2.05) is 49.1 Å². The fourth-order valence-corrected chi connectivity index (χ4v) is 3.28. The number of halogens is 2. The molecule has 6 nitrogen and oxygen atoms in total. The number of hydrogen-bond donors (Lipinski definition) is 2. The van der Waals surface area contributed by atoms with Crippen LogP contribution >= 0.6 is 35.6 Å². The van der Waals surface area contributed by atoms with E-state index in [1.165, 1.54) is 0 Å². The number of benzene rings is 1. The summed E-state index contributed by atoms with van der Waals surface area (Å²) < 4.78 is 2.04. The van der Waals surface area contributed by atoms with E-state index < -0.39 is 0 Å². The fraction of sp³-hybridized carbons (Fsp3) is 0.368. The maximum Gasteiger partial charge on any atom is 0.193 e. The smallest absolute Gasteiger partial charge is 0.193 e. The molecule has 2 N–H and O–H groups in total. The molecule has 0 spiro atoms. The molecule has 0 atom stereocenters. The molecule has 0 radical (unpaired) electrons. The van der Waals surface area contributed by atoms with Crippen molar-refractivity contribution in [1.29, 1.82) is 0 Å². The second-order valence-electron chi connectivity index (χ2n) is 6.39. The van der Waals surface area contributed by atoms with Crippen LogP contribution in [0, 0.1) is 0 Å². The van der Waals surface area contributed by atoms with Gasteiger partial charge >= 0.3 is 0 Å². The summed E-state index contributed by atoms with van der Waals surface area (Å²) in [5.74, 6) is 1.89. The Hall–Kier alpha value is -1.74. The zero-order chi connectivity index (χ0) is 18.5. The Morgan fingerprint density at radius 2 is 2.15 bits per heavy atom. The normalized spacial score (nSPS) is 11.5. The van der Waals surface area contributed by atoms with Crippen LogP contribution in [0.4, 0.5) is 0 Å². The molecule has 3 rings (SSSR count). The summed E-state index contributed by atoms with van der Waals surface area (Å²) >= 11 is 6.06. The number of rotatable bonds is 6. The first-order valence-corrected chi connectivity index (χ1v) is 9.11. The van der Waals surface area contributed by atoms with Crippen molar-refractivity contribution in [3.63, 3.8) is 0 Å². The maximum absolute atomic E-state index is 6.06. The number of hydrogen-bond acceptors (Lipinski definition) is 2. The molecular formula is C19H26ClIN6. The van der Waals surface area contributed by atoms with Crippen LogP contribution in [0.1, 0.15) is 17.9 Å². The molecule has 0 fully saturated rings. The van der Waals surface area contributed by atoms with Crippen LogP contribution in [-0.4, -0.2) is 46.0 Å². The minimum atomic E-state index is 0. The minimum Gasteiger partial charge on any atom is -0.356 e. The van der Waals surface area contributed by atoms with Gasteiger partial charge in [0.15, 0.2) is 5.96 Å². The van der Waals surface area contributed by atoms with Gasteiger partial charge in [-0.2, -0.15) is 0 Å². The first-order chi connectivity index (χ1) is 12.6. The molecule has 2 heterocycles. The van der Waals surface area contributed by atoms with Gasteiger partial charge in [-0.1, -0.05) is 23.7 Å². The average Bonchev–Trinajstić information content (AvgIpc) is 3.17. The Labute approximate surface area is 182 Å². The number of aromatic nitrogens is 3. The van der Waals surface area contributed by atoms with Crippen molar-refractivity contribution in [2.45, 2.75) is 19.4 Å². The molecule has 2 aromatic heterocycles. The molecule has 3 aromatic rings. The Morgan fingerprint density at radius 3 is 2.81 bits per heavy atom. The zero-order valence-corrected chi connectivity index (χ0v) is 19.0. The van der Waals surface area contributed by atoms with Crippen LogP contribution in [0.5, 0.6) is 0 Å². The van der Waals surface area contributed by atoms with Crippen molar-refractivity contribution in [3.05, 3.63) is 53.1 Å². The molecular weight excluding hydrogens is 475 g/mol. The molecule has 146 valence electrons. The summed E-state index contributed by atoms with van der Waals surface area (Å²) in [5.41, 5.74) is 3.25. The zero-order valence-electron chi connectivity index (χ0n) is 15.9. The molecule has 0 saturated heterocycles. The predicted molar refractivity (Wildman–Crippen MR) is 123 cm³/mol. The fourth-order valence-electron chi connectivity index (χ4n) is 3.01. The Balaban J connectivity index is 0.00000261. The van der Waals surface area contributed by atoms with E-state index in [4.69, 9.17) is 11.6 Å². The number of guanidine groups is 1. The third-order valence-electron chi connectivity index (χ3n) is 4.36. The SMILES string of the molecule is CN=C(NCCCc1nc2ccccc2[nH]1)N(C)Cc1cc(Cl)cn1C.I. The lowest BCUT2D eigenvalue weighted by Crippen LogP contribution is -2.39. The van der Waals surface area contributed by atoms with E-state index in [2.05, 4.69) is 31.2 Å². The quantitative estimate of drug-likeness (QED) is 0.234. The van der Waals surface area contributed by atoms with Gasteiger partial charge in [0.25, 0.3) is 0 Å². The molecule has 1 aromatic carbocycles. The van der Waals surface area contributed by atoms with E-state index in [9.17, 15) is 0 Å². The van der Waals surface area contributed by atoms with Crippen molar-refractivity contribution in [3.8, 4) is 0 Å². The van der Waals surface area contributed by atoms with Crippen molar-refractivity contribution in [2.24, 2.45) is 12.0 Å². The number of nitrogens with zero attached hydrogens (tertiary/aromatic N) is 4. The molecule has 0 saturated carbocycles. The maximum atomic E-state index is 6.06. The van der Waals surface area contributed by atoms with Crippen molar-refractivity contribution in [1.82, 2.24) is 24.8 Å². The molecule has 8 heteroatoms. The number of aromatic amines is 1. The molecule has 0 bridgehead atoms. The van der Waals surface area contributed by atoms with Gasteiger partial charge in [-0.25, -0.2) is 4.98 Å². The van der Waals surface area contributed by atoms with E-state index in [-0.39, 0.29) is 24.0 Å². The lowest BCUT2D eigenvalue weighted by Gasteiger charge is -2.22. The number of H-pyrrole nitrogens is 1. The Bertz CT molecular complexity index is 868. The molecule has 0 unspecified atom stereocenters. The van der Waals surface area contributed by atoms with Gasteiger partial charge in [0.05, 0.1) is 22.6 Å². The number of imidazole rings is 1. The van der Waals surface area contributed by atoms with Crippen LogP contribution in [-0.2, 0) is 20.0 Å². The van der Waals surface area contributed by atoms with Crippen LogP contribution in [0.3, 0.4) is 0 Å². The number of nitrogens with one attached hydrogen (secondary N) is 2. The molecule has 27 heavy (non-hydrogen) atoms. The van der Waals surface area contributed by atoms with Crippen LogP contribution in [0.25, 0.3) is 11.0 Å². The number of fused-ring (bicyclic) bond motifs is 1. The van der Waals surface area contributed by atoms with Crippen molar-refractivity contribution < 1.29 is 0 Å². The van der Waals surface area contributed by atoms with E-state index in [0.717, 1.165) is 59.5 Å². The van der Waals surface area contributed by atoms with Gasteiger partial charge in [-0.05, 0) is 24.6 Å². The topological polar surface area (TPSA) is 61.2 Å². The van der Waals surface area contributed by atoms with Gasteiger partial charge < -0.3 is 19.8 Å². The summed E-state index contributed by atoms with van der Waals surface area (Å²) in [4.78, 5) is 14.4. The highest BCUT2D eigenvalue weighted by Gasteiger charge is 2.09. The summed E-state index contributed by atoms with van der Waals surface area (Å²) in [6.45, 7) is 1.58. The summed E-state index contributed by atoms with van der Waals surface area (Å²) in [6, 6.07) is 10.1. The number of aryl methyl sites for hydroxylation is 2. The lowest BCUT2D eigenvalue weighted by atomic mass is 10.3. The van der Waals surface area contributed by atoms with Gasteiger partial charge in [-0.15, -0.1) is 24.0 Å². The Morgan fingerprint density at radius 1 is 1.37 bits per heavy atom. The Kier molecular flexibility index (Phi) is 7.97. The second-order valence-corrected chi connectivity index (χ2v) is 6.83. The van der Waals surface area contributed by atoms with Crippen molar-refractivity contribution in [2.75, 3.05) is 20.6 Å². The predicted octanol–water partition coefficient (Wildman–Crippen LogP) is 3.81. The summed E-state index contributed by atoms with van der Waals surface area (Å²) in [7, 11) is 5.82. The van der Waals surface area contributed by atoms with Crippen LogP contribution in [0.2, 0.25) is 5.02 Å². The number of para-hydroxylation sites is 2. The third-order valence-corrected chi connectivity index (χ3v) is 4.57. The summed E-state index contributed by atoms with van der Waals surface area (Å²) in [6.07, 6.45) is 3.78. The molecule has 0 amide bonds. The second kappa shape index (κ2) is 9.98.